The van der Waals surface area contributed by atoms with E-state index in [1.807, 2.05) is 14.0 Å². The highest BCUT2D eigenvalue weighted by atomic mass is 35.5. The molecule has 0 unspecified atom stereocenters. The van der Waals surface area contributed by atoms with Crippen molar-refractivity contribution in [3.8, 4) is 5.75 Å². The minimum Gasteiger partial charge on any atom is -0.492 e. The van der Waals surface area contributed by atoms with Gasteiger partial charge in [0.25, 0.3) is 5.91 Å². The van der Waals surface area contributed by atoms with Crippen molar-refractivity contribution < 1.29 is 17.9 Å². The van der Waals surface area contributed by atoms with Crippen molar-refractivity contribution in [2.75, 3.05) is 45.2 Å². The second-order valence-electron chi connectivity index (χ2n) is 6.76. The fraction of sp³-hybridized carbons (Fsp3) is 0.350. The number of rotatable bonds is 6. The van der Waals surface area contributed by atoms with Crippen LogP contribution < -0.4 is 10.1 Å². The largest absolute Gasteiger partial charge is 0.492 e. The quantitative estimate of drug-likeness (QED) is 0.751. The number of likely N-dealkylation sites (N-methyl/N-ethyl adjacent to an activating group) is 1. The van der Waals surface area contributed by atoms with Crippen LogP contribution in [0.2, 0.25) is 5.02 Å². The zero-order valence-corrected chi connectivity index (χ0v) is 18.0. The average Bonchev–Trinajstić information content (AvgIpc) is 2.69. The first kappa shape index (κ1) is 21.6. The highest BCUT2D eigenvalue weighted by Crippen LogP contribution is 2.30. The number of carbonyl (C=O) groups is 1. The van der Waals surface area contributed by atoms with E-state index in [9.17, 15) is 13.2 Å². The Bertz CT molecular complexity index is 989. The van der Waals surface area contributed by atoms with Crippen LogP contribution in [0.25, 0.3) is 0 Å². The molecule has 0 atom stereocenters. The van der Waals surface area contributed by atoms with Gasteiger partial charge in [0.05, 0.1) is 17.2 Å². The van der Waals surface area contributed by atoms with Crippen molar-refractivity contribution in [1.82, 2.24) is 9.21 Å². The molecule has 2 aromatic rings. The molecule has 2 aromatic carbocycles. The number of sulfonamides is 1. The molecule has 1 aliphatic rings. The summed E-state index contributed by atoms with van der Waals surface area (Å²) < 4.78 is 33.1. The zero-order valence-electron chi connectivity index (χ0n) is 16.4. The smallest absolute Gasteiger partial charge is 0.255 e. The minimum atomic E-state index is -3.67. The topological polar surface area (TPSA) is 79.0 Å². The number of nitrogens with zero attached hydrogens (tertiary/aromatic N) is 2. The molecule has 3 rings (SSSR count). The average molecular weight is 438 g/mol. The Morgan fingerprint density at radius 3 is 2.52 bits per heavy atom. The fourth-order valence-corrected chi connectivity index (χ4v) is 4.69. The second-order valence-corrected chi connectivity index (χ2v) is 9.14. The highest BCUT2D eigenvalue weighted by Gasteiger charge is 2.28. The molecule has 1 amide bonds. The lowest BCUT2D eigenvalue weighted by molar-refractivity contribution is 0.102. The lowest BCUT2D eigenvalue weighted by Gasteiger charge is -2.31. The van der Waals surface area contributed by atoms with Gasteiger partial charge in [0, 0.05) is 36.8 Å². The van der Waals surface area contributed by atoms with Crippen LogP contribution in [0.1, 0.15) is 17.3 Å². The van der Waals surface area contributed by atoms with Gasteiger partial charge in [0.15, 0.2) is 0 Å². The number of carbonyl (C=O) groups excluding carboxylic acids is 1. The van der Waals surface area contributed by atoms with Crippen molar-refractivity contribution in [3.05, 3.63) is 53.1 Å². The Hall–Kier alpha value is -2.13. The molecule has 1 heterocycles. The van der Waals surface area contributed by atoms with E-state index in [-0.39, 0.29) is 4.90 Å². The molecule has 0 saturated carbocycles. The van der Waals surface area contributed by atoms with Crippen molar-refractivity contribution in [2.45, 2.75) is 11.8 Å². The molecule has 1 fully saturated rings. The van der Waals surface area contributed by atoms with Gasteiger partial charge in [-0.05, 0) is 50.4 Å². The SMILES string of the molecule is CCOc1ccc(S(=O)(=O)N2CCN(C)CC2)cc1NC(=O)c1cccc(Cl)c1. The molecule has 0 radical (unpaired) electrons. The number of amides is 1. The summed E-state index contributed by atoms with van der Waals surface area (Å²) in [6, 6.07) is 11.0. The standard InChI is InChI=1S/C20H24ClN3O4S/c1-3-28-19-8-7-17(29(26,27)24-11-9-23(2)10-12-24)14-18(19)22-20(25)15-5-4-6-16(21)13-15/h4-8,13-14H,3,9-12H2,1-2H3,(H,22,25). The summed E-state index contributed by atoms with van der Waals surface area (Å²) in [6.07, 6.45) is 0. The monoisotopic (exact) mass is 437 g/mol. The molecule has 0 bridgehead atoms. The van der Waals surface area contributed by atoms with E-state index in [2.05, 4.69) is 10.2 Å². The summed E-state index contributed by atoms with van der Waals surface area (Å²) >= 11 is 5.96. The van der Waals surface area contributed by atoms with Crippen LogP contribution in [0.5, 0.6) is 5.75 Å². The van der Waals surface area contributed by atoms with Gasteiger partial charge >= 0.3 is 0 Å². The van der Waals surface area contributed by atoms with Crippen molar-refractivity contribution in [1.29, 1.82) is 0 Å². The maximum atomic E-state index is 13.1. The Morgan fingerprint density at radius 2 is 1.86 bits per heavy atom. The molecular weight excluding hydrogens is 414 g/mol. The summed E-state index contributed by atoms with van der Waals surface area (Å²) in [5, 5.41) is 3.19. The van der Waals surface area contributed by atoms with E-state index in [1.165, 1.54) is 16.4 Å². The summed E-state index contributed by atoms with van der Waals surface area (Å²) in [7, 11) is -1.71. The molecule has 0 spiro atoms. The Morgan fingerprint density at radius 1 is 1.14 bits per heavy atom. The Labute approximate surface area is 176 Å². The molecule has 1 N–H and O–H groups in total. The number of hydrogen-bond donors (Lipinski definition) is 1. The maximum Gasteiger partial charge on any atom is 0.255 e. The number of hydrogen-bond acceptors (Lipinski definition) is 5. The number of anilines is 1. The van der Waals surface area contributed by atoms with Crippen LogP contribution in [0.15, 0.2) is 47.4 Å². The minimum absolute atomic E-state index is 0.118. The molecule has 7 nitrogen and oxygen atoms in total. The third-order valence-electron chi connectivity index (χ3n) is 4.69. The van der Waals surface area contributed by atoms with Crippen LogP contribution in [-0.2, 0) is 10.0 Å². The number of benzene rings is 2. The van der Waals surface area contributed by atoms with E-state index in [4.69, 9.17) is 16.3 Å². The van der Waals surface area contributed by atoms with Gasteiger partial charge in [-0.3, -0.25) is 4.79 Å². The highest BCUT2D eigenvalue weighted by molar-refractivity contribution is 7.89. The molecule has 1 aliphatic heterocycles. The normalized spacial score (nSPS) is 15.8. The molecule has 1 saturated heterocycles. The van der Waals surface area contributed by atoms with Crippen LogP contribution in [0.3, 0.4) is 0 Å². The first-order valence-electron chi connectivity index (χ1n) is 9.33. The number of ether oxygens (including phenoxy) is 1. The zero-order chi connectivity index (χ0) is 21.0. The summed E-state index contributed by atoms with van der Waals surface area (Å²) in [5.74, 6) is 0.00260. The van der Waals surface area contributed by atoms with Crippen molar-refractivity contribution >= 4 is 33.2 Å². The Kier molecular flexibility index (Phi) is 6.79. The first-order valence-corrected chi connectivity index (χ1v) is 11.2. The first-order chi connectivity index (χ1) is 13.8. The van der Waals surface area contributed by atoms with Crippen molar-refractivity contribution in [3.63, 3.8) is 0 Å². The van der Waals surface area contributed by atoms with Gasteiger partial charge in [-0.1, -0.05) is 17.7 Å². The van der Waals surface area contributed by atoms with Crippen LogP contribution >= 0.6 is 11.6 Å². The van der Waals surface area contributed by atoms with Crippen LogP contribution in [0, 0.1) is 0 Å². The van der Waals surface area contributed by atoms with Crippen LogP contribution in [-0.4, -0.2) is 63.4 Å². The van der Waals surface area contributed by atoms with Crippen molar-refractivity contribution in [2.24, 2.45) is 0 Å². The van der Waals surface area contributed by atoms with Gasteiger partial charge in [-0.25, -0.2) is 8.42 Å². The van der Waals surface area contributed by atoms with E-state index in [0.717, 1.165) is 0 Å². The molecule has 29 heavy (non-hydrogen) atoms. The number of nitrogens with one attached hydrogen (secondary N) is 1. The third kappa shape index (κ3) is 5.08. The molecule has 156 valence electrons. The van der Waals surface area contributed by atoms with Gasteiger partial charge in [0.2, 0.25) is 10.0 Å². The van der Waals surface area contributed by atoms with Gasteiger partial charge < -0.3 is 15.0 Å². The predicted molar refractivity (Wildman–Crippen MR) is 113 cm³/mol. The van der Waals surface area contributed by atoms with Crippen LogP contribution in [0.4, 0.5) is 5.69 Å². The van der Waals surface area contributed by atoms with Gasteiger partial charge in [-0.2, -0.15) is 4.31 Å². The molecule has 9 heteroatoms. The molecule has 0 aromatic heterocycles. The molecular formula is C20H24ClN3O4S. The van der Waals surface area contributed by atoms with E-state index < -0.39 is 15.9 Å². The lowest BCUT2D eigenvalue weighted by atomic mass is 10.2. The van der Waals surface area contributed by atoms with E-state index in [0.29, 0.717) is 54.8 Å². The lowest BCUT2D eigenvalue weighted by Crippen LogP contribution is -2.47. The van der Waals surface area contributed by atoms with Gasteiger partial charge in [0.1, 0.15) is 5.75 Å². The van der Waals surface area contributed by atoms with Gasteiger partial charge in [-0.15, -0.1) is 0 Å². The number of piperazine rings is 1. The maximum absolute atomic E-state index is 13.1. The van der Waals surface area contributed by atoms with E-state index >= 15 is 0 Å². The van der Waals surface area contributed by atoms with E-state index in [1.54, 1.807) is 30.3 Å². The second kappa shape index (κ2) is 9.13. The summed E-state index contributed by atoms with van der Waals surface area (Å²) in [5.41, 5.74) is 0.666. The molecule has 0 aliphatic carbocycles. The third-order valence-corrected chi connectivity index (χ3v) is 6.82. The predicted octanol–water partition coefficient (Wildman–Crippen LogP) is 2.93. The summed E-state index contributed by atoms with van der Waals surface area (Å²) in [6.45, 7) is 4.40. The number of halogens is 1. The summed E-state index contributed by atoms with van der Waals surface area (Å²) in [4.78, 5) is 14.8. The fourth-order valence-electron chi connectivity index (χ4n) is 3.05. The Balaban J connectivity index is 1.90.